The van der Waals surface area contributed by atoms with E-state index in [1.54, 1.807) is 17.0 Å². The Morgan fingerprint density at radius 2 is 1.83 bits per heavy atom. The lowest BCUT2D eigenvalue weighted by molar-refractivity contribution is -0.182. The number of Topliss-reactive ketones (excluding diaryl/α,β-unsaturated/α-hetero) is 3. The van der Waals surface area contributed by atoms with Crippen LogP contribution in [0, 0.1) is 0 Å². The molecule has 0 aromatic carbocycles. The lowest BCUT2D eigenvalue weighted by Gasteiger charge is -2.36. The van der Waals surface area contributed by atoms with Crippen molar-refractivity contribution in [1.29, 1.82) is 0 Å². The molecule has 5 atom stereocenters. The van der Waals surface area contributed by atoms with Crippen LogP contribution < -0.4 is 0 Å². The van der Waals surface area contributed by atoms with Crippen LogP contribution in [0.2, 0.25) is 5.28 Å². The molecule has 13 nitrogen and oxygen atoms in total. The van der Waals surface area contributed by atoms with Crippen LogP contribution in [0.25, 0.3) is 17.0 Å². The maximum atomic E-state index is 12.8. The predicted molar refractivity (Wildman–Crippen MR) is 123 cm³/mol. The molecular weight excluding hydrogens is 496 g/mol. The van der Waals surface area contributed by atoms with Crippen molar-refractivity contribution in [3.63, 3.8) is 0 Å². The Labute approximate surface area is 209 Å². The number of aliphatic hydroxyl groups is 3. The third-order valence-electron chi connectivity index (χ3n) is 6.37. The quantitative estimate of drug-likeness (QED) is 0.342. The van der Waals surface area contributed by atoms with Crippen molar-refractivity contribution >= 4 is 40.1 Å². The first-order valence-electron chi connectivity index (χ1n) is 11.2. The van der Waals surface area contributed by atoms with Gasteiger partial charge in [0.1, 0.15) is 11.9 Å². The number of hydrogen-bond donors (Lipinski definition) is 3. The zero-order valence-corrected chi connectivity index (χ0v) is 20.7. The molecule has 3 aromatic heterocycles. The van der Waals surface area contributed by atoms with Gasteiger partial charge in [-0.3, -0.25) is 23.5 Å². The number of aromatic nitrogens is 6. The first kappa shape index (κ1) is 26.0. The number of imidazole rings is 2. The summed E-state index contributed by atoms with van der Waals surface area (Å²) in [5, 5.41) is 32.6. The summed E-state index contributed by atoms with van der Waals surface area (Å²) in [7, 11) is 0. The number of hydrogen-bond acceptors (Lipinski definition) is 11. The monoisotopic (exact) mass is 520 g/mol. The smallest absolute Gasteiger partial charge is 0.226 e. The Bertz CT molecular complexity index is 1370. The zero-order valence-electron chi connectivity index (χ0n) is 19.9. The minimum atomic E-state index is -3.01. The largest absolute Gasteiger partial charge is 0.386 e. The molecule has 3 N–H and O–H groups in total. The fourth-order valence-electron chi connectivity index (χ4n) is 4.52. The van der Waals surface area contributed by atoms with E-state index in [0.717, 1.165) is 38.1 Å². The van der Waals surface area contributed by atoms with E-state index in [1.807, 2.05) is 6.92 Å². The van der Waals surface area contributed by atoms with Crippen LogP contribution in [-0.2, 0) is 25.5 Å². The summed E-state index contributed by atoms with van der Waals surface area (Å²) >= 11 is 6.21. The van der Waals surface area contributed by atoms with Gasteiger partial charge in [0.2, 0.25) is 10.9 Å². The summed E-state index contributed by atoms with van der Waals surface area (Å²) in [4.78, 5) is 55.2. The van der Waals surface area contributed by atoms with Crippen molar-refractivity contribution in [3.8, 4) is 5.82 Å². The van der Waals surface area contributed by atoms with Crippen molar-refractivity contribution in [2.24, 2.45) is 0 Å². The second-order valence-corrected chi connectivity index (χ2v) is 9.03. The molecule has 1 unspecified atom stereocenters. The fourth-order valence-corrected chi connectivity index (χ4v) is 4.68. The maximum Gasteiger partial charge on any atom is 0.226 e. The lowest BCUT2D eigenvalue weighted by Crippen LogP contribution is -2.67. The van der Waals surface area contributed by atoms with E-state index in [9.17, 15) is 29.7 Å². The standard InChI is InChI=1S/C22H25ClN6O7/c1-5-6-13-24-7-8-28(13)17-14-18(27-20(23)26-17)29(9-25-14)19-22(35,12(4)32)21(34,11(3)31)16(36-19)15(33)10(2)30/h7-10,16,19,30,34-35H,5-6H2,1-4H3/t10?,16-,19-,21-,22+/m1/s1. The fraction of sp³-hybridized carbons (Fsp3) is 0.500. The van der Waals surface area contributed by atoms with E-state index in [2.05, 4.69) is 19.9 Å². The normalized spacial score (nSPS) is 26.9. The van der Waals surface area contributed by atoms with Crippen LogP contribution in [0.15, 0.2) is 18.7 Å². The van der Waals surface area contributed by atoms with Crippen LogP contribution in [0.1, 0.15) is 46.2 Å². The van der Waals surface area contributed by atoms with Gasteiger partial charge in [0.15, 0.2) is 52.3 Å². The molecule has 4 rings (SSSR count). The molecule has 3 aromatic rings. The summed E-state index contributed by atoms with van der Waals surface area (Å²) in [6.45, 7) is 4.93. The Hall–Kier alpha value is -3.10. The predicted octanol–water partition coefficient (Wildman–Crippen LogP) is 0.105. The number of fused-ring (bicyclic) bond motifs is 1. The van der Waals surface area contributed by atoms with Gasteiger partial charge in [-0.25, -0.2) is 9.97 Å². The van der Waals surface area contributed by atoms with Crippen molar-refractivity contribution in [2.75, 3.05) is 0 Å². The Morgan fingerprint density at radius 1 is 1.17 bits per heavy atom. The van der Waals surface area contributed by atoms with E-state index in [1.165, 1.54) is 0 Å². The summed E-state index contributed by atoms with van der Waals surface area (Å²) < 4.78 is 8.43. The zero-order chi connectivity index (χ0) is 26.6. The van der Waals surface area contributed by atoms with E-state index < -0.39 is 47.0 Å². The van der Waals surface area contributed by atoms with E-state index >= 15 is 0 Å². The topological polar surface area (TPSA) is 183 Å². The SMILES string of the molecule is CCCc1nccn1-c1nc(Cl)nc2c1ncn2[C@@H]1O[C@H](C(=O)C(C)O)[C@](O)(C(C)=O)[C@]1(O)C(C)=O. The average Bonchev–Trinajstić information content (AvgIpc) is 3.50. The molecule has 0 amide bonds. The molecule has 0 bridgehead atoms. The van der Waals surface area contributed by atoms with Gasteiger partial charge < -0.3 is 20.1 Å². The molecule has 1 aliphatic rings. The highest BCUT2D eigenvalue weighted by Crippen LogP contribution is 2.48. The van der Waals surface area contributed by atoms with E-state index in [4.69, 9.17) is 16.3 Å². The van der Waals surface area contributed by atoms with Crippen molar-refractivity contribution < 1.29 is 34.4 Å². The highest BCUT2D eigenvalue weighted by atomic mass is 35.5. The molecule has 0 aliphatic carbocycles. The number of ketones is 3. The van der Waals surface area contributed by atoms with Gasteiger partial charge in [-0.2, -0.15) is 9.97 Å². The van der Waals surface area contributed by atoms with Gasteiger partial charge in [0.25, 0.3) is 0 Å². The Kier molecular flexibility index (Phi) is 6.56. The molecule has 192 valence electrons. The van der Waals surface area contributed by atoms with E-state index in [-0.39, 0.29) is 22.3 Å². The molecular formula is C22H25ClN6O7. The molecule has 14 heteroatoms. The summed E-state index contributed by atoms with van der Waals surface area (Å²) in [5.41, 5.74) is -5.78. The average molecular weight is 521 g/mol. The molecule has 0 spiro atoms. The van der Waals surface area contributed by atoms with Gasteiger partial charge in [0, 0.05) is 18.8 Å². The van der Waals surface area contributed by atoms with Crippen molar-refractivity contribution in [2.45, 2.75) is 70.2 Å². The van der Waals surface area contributed by atoms with Gasteiger partial charge in [-0.15, -0.1) is 0 Å². The van der Waals surface area contributed by atoms with Gasteiger partial charge >= 0.3 is 0 Å². The molecule has 0 radical (unpaired) electrons. The second kappa shape index (κ2) is 9.09. The number of ether oxygens (including phenoxy) is 1. The molecule has 36 heavy (non-hydrogen) atoms. The Balaban J connectivity index is 1.96. The third kappa shape index (κ3) is 3.58. The highest BCUT2D eigenvalue weighted by molar-refractivity contribution is 6.28. The number of halogens is 1. The van der Waals surface area contributed by atoms with Gasteiger partial charge in [-0.05, 0) is 38.8 Å². The van der Waals surface area contributed by atoms with Crippen LogP contribution in [0.5, 0.6) is 0 Å². The highest BCUT2D eigenvalue weighted by Gasteiger charge is 2.73. The number of aliphatic hydroxyl groups excluding tert-OH is 1. The van der Waals surface area contributed by atoms with E-state index in [0.29, 0.717) is 12.2 Å². The number of rotatable bonds is 8. The van der Waals surface area contributed by atoms with Gasteiger partial charge in [0.05, 0.1) is 6.33 Å². The first-order valence-corrected chi connectivity index (χ1v) is 11.5. The maximum absolute atomic E-state index is 12.8. The molecule has 0 saturated carbocycles. The molecule has 1 aliphatic heterocycles. The molecule has 1 saturated heterocycles. The lowest BCUT2D eigenvalue weighted by atomic mass is 9.73. The van der Waals surface area contributed by atoms with Crippen molar-refractivity contribution in [3.05, 3.63) is 29.8 Å². The van der Waals surface area contributed by atoms with Crippen LogP contribution in [0.4, 0.5) is 0 Å². The van der Waals surface area contributed by atoms with Crippen LogP contribution >= 0.6 is 11.6 Å². The summed E-state index contributed by atoms with van der Waals surface area (Å²) in [6, 6.07) is 0. The Morgan fingerprint density at radius 3 is 2.42 bits per heavy atom. The summed E-state index contributed by atoms with van der Waals surface area (Å²) in [5.74, 6) is -2.34. The number of nitrogens with zero attached hydrogens (tertiary/aromatic N) is 6. The van der Waals surface area contributed by atoms with Crippen LogP contribution in [-0.4, -0.2) is 85.1 Å². The molecule has 1 fully saturated rings. The number of aryl methyl sites for hydroxylation is 1. The third-order valence-corrected chi connectivity index (χ3v) is 6.54. The second-order valence-electron chi connectivity index (χ2n) is 8.70. The minimum absolute atomic E-state index is 0.0122. The molecule has 4 heterocycles. The minimum Gasteiger partial charge on any atom is -0.386 e. The van der Waals surface area contributed by atoms with Gasteiger partial charge in [-0.1, -0.05) is 6.92 Å². The first-order chi connectivity index (χ1) is 16.9. The number of carbonyl (C=O) groups excluding carboxylic acids is 3. The number of carbonyl (C=O) groups is 3. The van der Waals surface area contributed by atoms with Crippen LogP contribution in [0.3, 0.4) is 0 Å². The van der Waals surface area contributed by atoms with Crippen molar-refractivity contribution in [1.82, 2.24) is 29.1 Å². The summed E-state index contributed by atoms with van der Waals surface area (Å²) in [6.07, 6.45) is 0.259.